The third-order valence-electron chi connectivity index (χ3n) is 5.50. The van der Waals surface area contributed by atoms with Crippen LogP contribution in [0.15, 0.2) is 24.3 Å². The van der Waals surface area contributed by atoms with Crippen molar-refractivity contribution in [2.75, 3.05) is 37.9 Å². The summed E-state index contributed by atoms with van der Waals surface area (Å²) < 4.78 is 14.2. The molecule has 0 aromatic rings. The molecule has 2 aliphatic rings. The van der Waals surface area contributed by atoms with Gasteiger partial charge >= 0.3 is 23.9 Å². The van der Waals surface area contributed by atoms with Gasteiger partial charge in [0.1, 0.15) is 6.61 Å². The SMILES string of the molecule is C.C=C(CO)C(=O)OCC.C=C(COC(=O)CCCCC1CCSS1)C(=O)OCC.O=C(O)CCCCC1CCSS1. The van der Waals surface area contributed by atoms with Crippen molar-refractivity contribution in [1.29, 1.82) is 0 Å². The van der Waals surface area contributed by atoms with Crippen molar-refractivity contribution in [1.82, 2.24) is 0 Å². The third-order valence-corrected chi connectivity index (χ3v) is 11.5. The fourth-order valence-corrected chi connectivity index (χ4v) is 9.30. The first-order chi connectivity index (χ1) is 19.6. The molecule has 2 atom stereocenters. The normalized spacial score (nSPS) is 16.8. The van der Waals surface area contributed by atoms with Crippen LogP contribution >= 0.6 is 43.2 Å². The minimum atomic E-state index is -0.663. The number of carbonyl (C=O) groups excluding carboxylic acids is 3. The van der Waals surface area contributed by atoms with Gasteiger partial charge in [0.2, 0.25) is 0 Å². The van der Waals surface area contributed by atoms with Gasteiger partial charge < -0.3 is 24.4 Å². The lowest BCUT2D eigenvalue weighted by molar-refractivity contribution is -0.145. The van der Waals surface area contributed by atoms with E-state index < -0.39 is 17.9 Å². The number of hydrogen-bond acceptors (Lipinski definition) is 12. The minimum absolute atomic E-state index is 0. The average molecular weight is 671 g/mol. The van der Waals surface area contributed by atoms with Gasteiger partial charge in [0.05, 0.1) is 31.0 Å². The average Bonchev–Trinajstić information content (AvgIpc) is 3.67. The summed E-state index contributed by atoms with van der Waals surface area (Å²) in [5.74, 6) is 0.546. The number of ether oxygens (including phenoxy) is 3. The zero-order valence-electron chi connectivity index (χ0n) is 24.3. The smallest absolute Gasteiger partial charge is 0.336 e. The van der Waals surface area contributed by atoms with E-state index >= 15 is 0 Å². The van der Waals surface area contributed by atoms with Crippen molar-refractivity contribution in [3.8, 4) is 0 Å². The first-order valence-corrected chi connectivity index (χ1v) is 18.6. The fourth-order valence-electron chi connectivity index (χ4n) is 3.25. The summed E-state index contributed by atoms with van der Waals surface area (Å²) in [7, 11) is 7.81. The quantitative estimate of drug-likeness (QED) is 0.0547. The number of aliphatic hydroxyl groups excluding tert-OH is 1. The van der Waals surface area contributed by atoms with Gasteiger partial charge in [-0.25, -0.2) is 9.59 Å². The highest BCUT2D eigenvalue weighted by molar-refractivity contribution is 8.77. The second-order valence-electron chi connectivity index (χ2n) is 9.01. The van der Waals surface area contributed by atoms with Gasteiger partial charge in [-0.15, -0.1) is 0 Å². The van der Waals surface area contributed by atoms with Crippen LogP contribution in [0.25, 0.3) is 0 Å². The molecular weight excluding hydrogens is 621 g/mol. The Labute approximate surface area is 267 Å². The maximum Gasteiger partial charge on any atom is 0.336 e. The van der Waals surface area contributed by atoms with E-state index in [0.29, 0.717) is 26.1 Å². The number of aliphatic carboxylic acids is 1. The molecule has 244 valence electrons. The van der Waals surface area contributed by atoms with Crippen LogP contribution in [-0.4, -0.2) is 82.5 Å². The van der Waals surface area contributed by atoms with Crippen LogP contribution in [0, 0.1) is 0 Å². The summed E-state index contributed by atoms with van der Waals surface area (Å²) in [6, 6.07) is 0. The molecule has 42 heavy (non-hydrogen) atoms. The van der Waals surface area contributed by atoms with Gasteiger partial charge in [0.15, 0.2) is 0 Å². The monoisotopic (exact) mass is 670 g/mol. The molecule has 2 fully saturated rings. The van der Waals surface area contributed by atoms with Crippen LogP contribution in [0.5, 0.6) is 0 Å². The van der Waals surface area contributed by atoms with Gasteiger partial charge in [-0.1, -0.05) is 76.6 Å². The summed E-state index contributed by atoms with van der Waals surface area (Å²) in [6.07, 6.45) is 9.50. The Morgan fingerprint density at radius 3 is 1.64 bits per heavy atom. The molecule has 2 heterocycles. The Morgan fingerprint density at radius 2 is 1.24 bits per heavy atom. The van der Waals surface area contributed by atoms with Crippen molar-refractivity contribution in [3.63, 3.8) is 0 Å². The number of carboxylic acids is 1. The molecule has 0 radical (unpaired) electrons. The van der Waals surface area contributed by atoms with Crippen molar-refractivity contribution in [2.45, 2.75) is 96.0 Å². The van der Waals surface area contributed by atoms with Crippen LogP contribution in [0.2, 0.25) is 0 Å². The molecule has 0 spiro atoms. The van der Waals surface area contributed by atoms with Gasteiger partial charge in [-0.3, -0.25) is 9.59 Å². The van der Waals surface area contributed by atoms with E-state index in [1.807, 2.05) is 43.2 Å². The number of rotatable bonds is 17. The summed E-state index contributed by atoms with van der Waals surface area (Å²) in [5, 5.41) is 18.3. The Bertz CT molecular complexity index is 796. The molecule has 2 saturated heterocycles. The summed E-state index contributed by atoms with van der Waals surface area (Å²) in [6.45, 7) is 10.4. The lowest BCUT2D eigenvalue weighted by Crippen LogP contribution is -2.14. The Morgan fingerprint density at radius 1 is 0.762 bits per heavy atom. The van der Waals surface area contributed by atoms with Crippen LogP contribution < -0.4 is 0 Å². The summed E-state index contributed by atoms with van der Waals surface area (Å²) in [4.78, 5) is 43.4. The van der Waals surface area contributed by atoms with E-state index in [1.165, 1.54) is 37.2 Å². The Balaban J connectivity index is 0. The minimum Gasteiger partial charge on any atom is -0.481 e. The molecule has 0 aromatic heterocycles. The molecule has 9 nitrogen and oxygen atoms in total. The van der Waals surface area contributed by atoms with Crippen LogP contribution in [-0.2, 0) is 33.4 Å². The first-order valence-electron chi connectivity index (χ1n) is 13.9. The van der Waals surface area contributed by atoms with Gasteiger partial charge in [0.25, 0.3) is 0 Å². The highest BCUT2D eigenvalue weighted by Gasteiger charge is 2.17. The molecule has 0 aliphatic carbocycles. The predicted octanol–water partition coefficient (Wildman–Crippen LogP) is 6.88. The number of carbonyl (C=O) groups is 4. The summed E-state index contributed by atoms with van der Waals surface area (Å²) >= 11 is 0. The van der Waals surface area contributed by atoms with E-state index in [4.69, 9.17) is 19.7 Å². The highest BCUT2D eigenvalue weighted by Crippen LogP contribution is 2.40. The molecular formula is C29H50O9S4. The number of carboxylic acid groups (broad SMARTS) is 1. The van der Waals surface area contributed by atoms with Gasteiger partial charge in [-0.05, 0) is 52.4 Å². The van der Waals surface area contributed by atoms with Crippen LogP contribution in [0.3, 0.4) is 0 Å². The third kappa shape index (κ3) is 24.2. The van der Waals surface area contributed by atoms with E-state index in [0.717, 1.165) is 36.2 Å². The van der Waals surface area contributed by atoms with E-state index in [9.17, 15) is 19.2 Å². The van der Waals surface area contributed by atoms with Crippen molar-refractivity contribution in [2.24, 2.45) is 0 Å². The van der Waals surface area contributed by atoms with Crippen LogP contribution in [0.4, 0.5) is 0 Å². The van der Waals surface area contributed by atoms with E-state index in [2.05, 4.69) is 17.9 Å². The fraction of sp³-hybridized carbons (Fsp3) is 0.724. The molecule has 0 saturated carbocycles. The molecule has 0 amide bonds. The molecule has 2 aliphatic heterocycles. The molecule has 2 N–H and O–H groups in total. The number of unbranched alkanes of at least 4 members (excludes halogenated alkanes) is 2. The Kier molecular flexibility index (Phi) is 29.1. The first kappa shape index (κ1) is 42.9. The maximum absolute atomic E-state index is 11.5. The molecule has 13 heteroatoms. The lowest BCUT2D eigenvalue weighted by atomic mass is 10.1. The molecule has 2 rings (SSSR count). The van der Waals surface area contributed by atoms with Gasteiger partial charge in [-0.2, -0.15) is 0 Å². The molecule has 2 unspecified atom stereocenters. The zero-order chi connectivity index (χ0) is 30.9. The van der Waals surface area contributed by atoms with E-state index in [1.54, 1.807) is 13.8 Å². The summed E-state index contributed by atoms with van der Waals surface area (Å²) in [5.41, 5.74) is 0.274. The second-order valence-corrected chi connectivity index (χ2v) is 14.6. The molecule has 0 bridgehead atoms. The second kappa shape index (κ2) is 28.5. The maximum atomic E-state index is 11.5. The number of hydrogen-bond donors (Lipinski definition) is 2. The van der Waals surface area contributed by atoms with Gasteiger partial charge in [0, 0.05) is 34.8 Å². The predicted molar refractivity (Wildman–Crippen MR) is 178 cm³/mol. The topological polar surface area (TPSA) is 136 Å². The lowest BCUT2D eigenvalue weighted by Gasteiger charge is -2.08. The largest absolute Gasteiger partial charge is 0.481 e. The van der Waals surface area contributed by atoms with E-state index in [-0.39, 0.29) is 37.8 Å². The number of aliphatic hydroxyl groups is 1. The van der Waals surface area contributed by atoms with Crippen LogP contribution in [0.1, 0.15) is 85.5 Å². The standard InChI is InChI=1S/C14H22O4S2.C8H14O2S2.C6H10O3.CH4/c1-3-17-14(16)11(2)10-18-13(15)7-5-4-6-12-8-9-19-20-12;9-8(10)4-2-1-3-7-5-6-11-12-7;1-3-9-6(8)5(2)4-7;/h12H,2-10H2,1H3;7H,1-6H2,(H,9,10);7H,2-4H2,1H3;1H4. The zero-order valence-corrected chi connectivity index (χ0v) is 27.5. The van der Waals surface area contributed by atoms with Crippen molar-refractivity contribution < 1.29 is 43.6 Å². The van der Waals surface area contributed by atoms with Crippen molar-refractivity contribution in [3.05, 3.63) is 24.3 Å². The number of esters is 3. The van der Waals surface area contributed by atoms with Crippen molar-refractivity contribution >= 4 is 67.1 Å². The Hall–Kier alpha value is -1.28. The molecule has 0 aromatic carbocycles. The highest BCUT2D eigenvalue weighted by atomic mass is 33.1.